The first-order valence-electron chi connectivity index (χ1n) is 16.1. The first kappa shape index (κ1) is 33.9. The highest BCUT2D eigenvalue weighted by Gasteiger charge is 2.50. The molecular formula is C35H45ClN4O6. The Bertz CT molecular complexity index is 1460. The van der Waals surface area contributed by atoms with Crippen molar-refractivity contribution >= 4 is 35.3 Å². The lowest BCUT2D eigenvalue weighted by atomic mass is 9.80. The number of carbonyl (C=O) groups excluding carboxylic acids is 4. The van der Waals surface area contributed by atoms with Crippen LogP contribution in [0, 0.1) is 5.92 Å². The number of methoxy groups -OCH3 is 1. The highest BCUT2D eigenvalue weighted by molar-refractivity contribution is 6.30. The maximum atomic E-state index is 14.5. The molecule has 1 aliphatic carbocycles. The zero-order valence-electron chi connectivity index (χ0n) is 27.1. The third-order valence-corrected chi connectivity index (χ3v) is 10.00. The van der Waals surface area contributed by atoms with E-state index in [0.717, 1.165) is 24.0 Å². The van der Waals surface area contributed by atoms with Crippen molar-refractivity contribution in [2.45, 2.75) is 88.6 Å². The molecule has 2 fully saturated rings. The van der Waals surface area contributed by atoms with Gasteiger partial charge in [-0.15, -0.1) is 0 Å². The lowest BCUT2D eigenvalue weighted by molar-refractivity contribution is -0.151. The standard InChI is InChI=1S/C35H45ClN4O6/c1-22(37)32(43)40-29(20-46-34(40,2)3)31(42)38-35(19-23-10-13-25(36)14-11-23)16-7-17-39(21-35)33(44)28(18-30(41)45-4)27-15-12-24-8-5-6-9-26(24)27/h5-6,8-11,13-14,22,27-29H,7,12,15-21,37H2,1-4H3,(H,38,42)/t22-,27-,28-,29-,35+/m0/s1. The van der Waals surface area contributed by atoms with Crippen LogP contribution in [0.3, 0.4) is 0 Å². The number of nitrogens with two attached hydrogens (primary N) is 1. The normalized spacial score (nSPS) is 25.0. The fourth-order valence-electron chi connectivity index (χ4n) is 7.49. The topological polar surface area (TPSA) is 131 Å². The van der Waals surface area contributed by atoms with Crippen molar-refractivity contribution in [3.05, 3.63) is 70.2 Å². The first-order chi connectivity index (χ1) is 21.8. The number of nitrogens with zero attached hydrogens (tertiary/aromatic N) is 2. The highest BCUT2D eigenvalue weighted by atomic mass is 35.5. The van der Waals surface area contributed by atoms with Crippen LogP contribution in [0.4, 0.5) is 0 Å². The summed E-state index contributed by atoms with van der Waals surface area (Å²) in [7, 11) is 1.34. The number of likely N-dealkylation sites (tertiary alicyclic amines) is 1. The Morgan fingerprint density at radius 3 is 2.52 bits per heavy atom. The lowest BCUT2D eigenvalue weighted by Crippen LogP contribution is -2.65. The molecule has 0 aromatic heterocycles. The molecule has 11 heteroatoms. The fourth-order valence-corrected chi connectivity index (χ4v) is 7.61. The SMILES string of the molecule is COC(=O)C[C@H](C(=O)N1CCC[C@](Cc2ccc(Cl)cc2)(NC(=O)[C@@H]2COC(C)(C)N2C(=O)[C@H](C)N)C1)[C@H]1CCc2ccccc21. The van der Waals surface area contributed by atoms with Gasteiger partial charge in [0, 0.05) is 18.1 Å². The van der Waals surface area contributed by atoms with Crippen molar-refractivity contribution in [2.24, 2.45) is 11.7 Å². The molecule has 0 unspecified atom stereocenters. The summed E-state index contributed by atoms with van der Waals surface area (Å²) >= 11 is 6.19. The Hall–Kier alpha value is -3.47. The minimum absolute atomic E-state index is 0.0236. The number of benzene rings is 2. The molecule has 2 saturated heterocycles. The first-order valence-corrected chi connectivity index (χ1v) is 16.4. The summed E-state index contributed by atoms with van der Waals surface area (Å²) in [4.78, 5) is 57.6. The van der Waals surface area contributed by atoms with Gasteiger partial charge in [0.25, 0.3) is 0 Å². The Kier molecular flexibility index (Phi) is 10.1. The number of nitrogens with one attached hydrogen (secondary N) is 1. The van der Waals surface area contributed by atoms with Crippen LogP contribution in [0.1, 0.15) is 69.1 Å². The number of aryl methyl sites for hydroxylation is 1. The summed E-state index contributed by atoms with van der Waals surface area (Å²) in [5, 5.41) is 3.89. The van der Waals surface area contributed by atoms with Crippen molar-refractivity contribution < 1.29 is 28.7 Å². The number of hydrogen-bond donors (Lipinski definition) is 2. The molecule has 248 valence electrons. The summed E-state index contributed by atoms with van der Waals surface area (Å²) in [5.74, 6) is -2.00. The van der Waals surface area contributed by atoms with Gasteiger partial charge in [0.2, 0.25) is 17.7 Å². The lowest BCUT2D eigenvalue weighted by Gasteiger charge is -2.46. The quantitative estimate of drug-likeness (QED) is 0.396. The molecule has 0 bridgehead atoms. The Morgan fingerprint density at radius 1 is 1.11 bits per heavy atom. The molecule has 3 N–H and O–H groups in total. The maximum absolute atomic E-state index is 14.5. The second kappa shape index (κ2) is 13.7. The van der Waals surface area contributed by atoms with E-state index in [2.05, 4.69) is 11.4 Å². The molecule has 10 nitrogen and oxygen atoms in total. The van der Waals surface area contributed by atoms with Crippen LogP contribution in [0.5, 0.6) is 0 Å². The molecule has 0 saturated carbocycles. The maximum Gasteiger partial charge on any atom is 0.306 e. The Morgan fingerprint density at radius 2 is 1.83 bits per heavy atom. The van der Waals surface area contributed by atoms with Gasteiger partial charge in [0.05, 0.1) is 37.6 Å². The summed E-state index contributed by atoms with van der Waals surface area (Å²) < 4.78 is 10.9. The zero-order valence-corrected chi connectivity index (χ0v) is 27.8. The molecule has 5 rings (SSSR count). The number of rotatable bonds is 9. The molecule has 2 heterocycles. The van der Waals surface area contributed by atoms with Gasteiger partial charge < -0.3 is 25.4 Å². The number of hydrogen-bond acceptors (Lipinski definition) is 7. The third-order valence-electron chi connectivity index (χ3n) is 9.74. The number of carbonyl (C=O) groups is 4. The van der Waals surface area contributed by atoms with E-state index in [0.29, 0.717) is 30.8 Å². The predicted octanol–water partition coefficient (Wildman–Crippen LogP) is 3.58. The smallest absolute Gasteiger partial charge is 0.306 e. The third kappa shape index (κ3) is 7.09. The average Bonchev–Trinajstić information content (AvgIpc) is 3.60. The number of amides is 3. The van der Waals surface area contributed by atoms with E-state index in [1.807, 2.05) is 30.3 Å². The molecule has 0 radical (unpaired) electrons. The Balaban J connectivity index is 1.45. The van der Waals surface area contributed by atoms with Crippen LogP contribution in [0.25, 0.3) is 0 Å². The number of fused-ring (bicyclic) bond motifs is 1. The molecule has 46 heavy (non-hydrogen) atoms. The summed E-state index contributed by atoms with van der Waals surface area (Å²) in [5.41, 5.74) is 7.35. The second-order valence-electron chi connectivity index (χ2n) is 13.4. The number of esters is 1. The Labute approximate surface area is 275 Å². The van der Waals surface area contributed by atoms with Crippen molar-refractivity contribution in [1.29, 1.82) is 0 Å². The molecule has 3 aliphatic rings. The molecule has 2 aromatic carbocycles. The summed E-state index contributed by atoms with van der Waals surface area (Å²) in [6, 6.07) is 13.8. The largest absolute Gasteiger partial charge is 0.469 e. The fraction of sp³-hybridized carbons (Fsp3) is 0.543. The second-order valence-corrected chi connectivity index (χ2v) is 13.9. The number of piperidine rings is 1. The van der Waals surface area contributed by atoms with Gasteiger partial charge in [0.1, 0.15) is 11.8 Å². The molecule has 5 atom stereocenters. The van der Waals surface area contributed by atoms with Crippen molar-refractivity contribution in [3.8, 4) is 0 Å². The van der Waals surface area contributed by atoms with Gasteiger partial charge >= 0.3 is 5.97 Å². The van der Waals surface area contributed by atoms with E-state index < -0.39 is 35.2 Å². The minimum atomic E-state index is -1.01. The van der Waals surface area contributed by atoms with Crippen LogP contribution in [0.2, 0.25) is 5.02 Å². The van der Waals surface area contributed by atoms with Gasteiger partial charge in [-0.3, -0.25) is 24.1 Å². The van der Waals surface area contributed by atoms with Gasteiger partial charge in [-0.1, -0.05) is 48.0 Å². The van der Waals surface area contributed by atoms with E-state index in [4.69, 9.17) is 26.8 Å². The molecule has 3 amide bonds. The van der Waals surface area contributed by atoms with Crippen LogP contribution in [0.15, 0.2) is 48.5 Å². The average molecular weight is 653 g/mol. The van der Waals surface area contributed by atoms with E-state index >= 15 is 0 Å². The van der Waals surface area contributed by atoms with Gasteiger partial charge in [-0.2, -0.15) is 0 Å². The monoisotopic (exact) mass is 652 g/mol. The molecule has 0 spiro atoms. The molecule has 2 aliphatic heterocycles. The number of ether oxygens (including phenoxy) is 2. The van der Waals surface area contributed by atoms with Crippen LogP contribution in [-0.4, -0.2) is 83.6 Å². The summed E-state index contributed by atoms with van der Waals surface area (Å²) in [6.07, 6.45) is 3.28. The van der Waals surface area contributed by atoms with E-state index in [9.17, 15) is 19.2 Å². The highest BCUT2D eigenvalue weighted by Crippen LogP contribution is 2.41. The van der Waals surface area contributed by atoms with Gasteiger partial charge in [0.15, 0.2) is 0 Å². The van der Waals surface area contributed by atoms with Crippen molar-refractivity contribution in [3.63, 3.8) is 0 Å². The summed E-state index contributed by atoms with van der Waals surface area (Å²) in [6.45, 7) is 5.84. The zero-order chi connectivity index (χ0) is 33.2. The van der Waals surface area contributed by atoms with Crippen LogP contribution in [-0.2, 0) is 41.5 Å². The van der Waals surface area contributed by atoms with E-state index in [1.54, 1.807) is 37.8 Å². The van der Waals surface area contributed by atoms with Gasteiger partial charge in [-0.25, -0.2) is 0 Å². The van der Waals surface area contributed by atoms with E-state index in [-0.39, 0.29) is 43.2 Å². The molecular weight excluding hydrogens is 608 g/mol. The van der Waals surface area contributed by atoms with Gasteiger partial charge in [-0.05, 0) is 87.6 Å². The van der Waals surface area contributed by atoms with Crippen LogP contribution >= 0.6 is 11.6 Å². The molecule has 2 aromatic rings. The van der Waals surface area contributed by atoms with Crippen molar-refractivity contribution in [1.82, 2.24) is 15.1 Å². The predicted molar refractivity (Wildman–Crippen MR) is 174 cm³/mol. The number of halogens is 1. The van der Waals surface area contributed by atoms with E-state index in [1.165, 1.54) is 17.6 Å². The minimum Gasteiger partial charge on any atom is -0.469 e. The van der Waals surface area contributed by atoms with Crippen LogP contribution < -0.4 is 11.1 Å². The van der Waals surface area contributed by atoms with Crippen molar-refractivity contribution in [2.75, 3.05) is 26.8 Å².